The number of anilines is 3. The number of carbonyl (C=O) groups excluding carboxylic acids is 1. The second kappa shape index (κ2) is 11.0. The quantitative estimate of drug-likeness (QED) is 0.598. The summed E-state index contributed by atoms with van der Waals surface area (Å²) >= 11 is 0. The molecular formula is C27H34F3N5O3. The predicted octanol–water partition coefficient (Wildman–Crippen LogP) is 4.27. The molecule has 2 N–H and O–H groups in total. The first-order chi connectivity index (χ1) is 18.1. The van der Waals surface area contributed by atoms with Crippen LogP contribution in [0.1, 0.15) is 24.8 Å². The number of ether oxygens (including phenoxy) is 1. The number of carbonyl (C=O) groups is 1. The molecule has 3 fully saturated rings. The highest BCUT2D eigenvalue weighted by Gasteiger charge is 2.36. The van der Waals surface area contributed by atoms with Gasteiger partial charge in [0, 0.05) is 51.4 Å². The number of alkyl halides is 3. The number of amides is 2. The molecule has 3 saturated heterocycles. The van der Waals surface area contributed by atoms with E-state index in [1.54, 1.807) is 0 Å². The molecule has 206 valence electrons. The number of rotatable bonds is 5. The largest absolute Gasteiger partial charge is 0.391 e. The Bertz CT molecular complexity index is 1130. The van der Waals surface area contributed by atoms with Gasteiger partial charge in [0.05, 0.1) is 19.3 Å². The lowest BCUT2D eigenvalue weighted by Gasteiger charge is -2.29. The highest BCUT2D eigenvalue weighted by atomic mass is 19.4. The molecule has 3 aliphatic heterocycles. The van der Waals surface area contributed by atoms with Crippen LogP contribution >= 0.6 is 0 Å². The van der Waals surface area contributed by atoms with Crippen LogP contribution in [0.25, 0.3) is 11.1 Å². The molecule has 11 heteroatoms. The first kappa shape index (κ1) is 26.6. The number of aliphatic hydroxyl groups is 1. The van der Waals surface area contributed by atoms with Gasteiger partial charge < -0.3 is 29.9 Å². The van der Waals surface area contributed by atoms with Gasteiger partial charge in [-0.1, -0.05) is 6.07 Å². The van der Waals surface area contributed by atoms with Gasteiger partial charge in [0.25, 0.3) is 0 Å². The molecule has 8 nitrogen and oxygen atoms in total. The van der Waals surface area contributed by atoms with Crippen molar-refractivity contribution in [1.29, 1.82) is 0 Å². The predicted molar refractivity (Wildman–Crippen MR) is 140 cm³/mol. The van der Waals surface area contributed by atoms with E-state index in [1.165, 1.54) is 4.90 Å². The monoisotopic (exact) mass is 533 g/mol. The van der Waals surface area contributed by atoms with Gasteiger partial charge in [0.15, 0.2) is 0 Å². The van der Waals surface area contributed by atoms with E-state index < -0.39 is 18.5 Å². The number of halogens is 3. The van der Waals surface area contributed by atoms with Crippen molar-refractivity contribution in [1.82, 2.24) is 9.88 Å². The molecule has 2 aromatic rings. The number of nitrogens with one attached hydrogen (secondary N) is 1. The van der Waals surface area contributed by atoms with Gasteiger partial charge in [-0.25, -0.2) is 9.78 Å². The van der Waals surface area contributed by atoms with Crippen LogP contribution in [0.3, 0.4) is 0 Å². The lowest BCUT2D eigenvalue weighted by Crippen LogP contribution is -2.37. The van der Waals surface area contributed by atoms with Crippen LogP contribution in [0.15, 0.2) is 30.3 Å². The normalized spacial score (nSPS) is 22.3. The maximum Gasteiger partial charge on any atom is 0.389 e. The summed E-state index contributed by atoms with van der Waals surface area (Å²) in [4.78, 5) is 23.5. The third-order valence-corrected chi connectivity index (χ3v) is 7.51. The number of benzene rings is 1. The molecule has 0 bridgehead atoms. The molecule has 5 rings (SSSR count). The smallest absolute Gasteiger partial charge is 0.389 e. The van der Waals surface area contributed by atoms with E-state index in [0.29, 0.717) is 44.8 Å². The van der Waals surface area contributed by atoms with Crippen molar-refractivity contribution >= 4 is 23.4 Å². The Kier molecular flexibility index (Phi) is 7.67. The molecule has 38 heavy (non-hydrogen) atoms. The van der Waals surface area contributed by atoms with E-state index in [0.717, 1.165) is 48.0 Å². The molecule has 1 aromatic carbocycles. The molecule has 0 aliphatic carbocycles. The standard InChI is InChI=1S/C27H34F3N5O3/c1-18-2-3-21(31-26(37)35-6-4-19(16-35)15-27(28,29)30)14-23(18)20-12-24(33-8-10-38-11-9-33)32-25(13-20)34-7-5-22(36)17-34/h2-3,12-14,19,22,36H,4-11,15-17H2,1H3,(H,31,37)/t19?,22-/m0/s1. The summed E-state index contributed by atoms with van der Waals surface area (Å²) in [5.74, 6) is 1.07. The molecule has 0 spiro atoms. The average molecular weight is 534 g/mol. The maximum atomic E-state index is 12.9. The molecule has 0 radical (unpaired) electrons. The Morgan fingerprint density at radius 1 is 1.05 bits per heavy atom. The second-order valence-corrected chi connectivity index (χ2v) is 10.4. The van der Waals surface area contributed by atoms with Crippen LogP contribution in [-0.4, -0.2) is 85.8 Å². The van der Waals surface area contributed by atoms with Gasteiger partial charge in [-0.05, 0) is 66.6 Å². The molecule has 1 unspecified atom stereocenters. The van der Waals surface area contributed by atoms with Crippen LogP contribution in [0.4, 0.5) is 35.3 Å². The summed E-state index contributed by atoms with van der Waals surface area (Å²) in [6.45, 7) is 6.38. The molecule has 4 heterocycles. The first-order valence-electron chi connectivity index (χ1n) is 13.2. The van der Waals surface area contributed by atoms with Crippen LogP contribution in [-0.2, 0) is 4.74 Å². The lowest BCUT2D eigenvalue weighted by molar-refractivity contribution is -0.143. The zero-order valence-electron chi connectivity index (χ0n) is 21.5. The highest BCUT2D eigenvalue weighted by Crippen LogP contribution is 2.34. The molecule has 2 atom stereocenters. The first-order valence-corrected chi connectivity index (χ1v) is 13.2. The van der Waals surface area contributed by atoms with Crippen molar-refractivity contribution in [2.75, 3.05) is 67.6 Å². The fourth-order valence-electron chi connectivity index (χ4n) is 5.45. The number of hydrogen-bond acceptors (Lipinski definition) is 6. The number of urea groups is 1. The Hall–Kier alpha value is -3.05. The van der Waals surface area contributed by atoms with Gasteiger partial charge in [-0.15, -0.1) is 0 Å². The van der Waals surface area contributed by atoms with Gasteiger partial charge in [-0.2, -0.15) is 13.2 Å². The molecule has 1 aromatic heterocycles. The average Bonchev–Trinajstić information content (AvgIpc) is 3.53. The number of aryl methyl sites for hydroxylation is 1. The Morgan fingerprint density at radius 2 is 1.79 bits per heavy atom. The van der Waals surface area contributed by atoms with Gasteiger partial charge in [0.2, 0.25) is 0 Å². The number of nitrogens with zero attached hydrogens (tertiary/aromatic N) is 4. The van der Waals surface area contributed by atoms with Crippen molar-refractivity contribution in [2.24, 2.45) is 5.92 Å². The summed E-state index contributed by atoms with van der Waals surface area (Å²) in [6, 6.07) is 9.30. The van der Waals surface area contributed by atoms with Crippen molar-refractivity contribution < 1.29 is 27.8 Å². The van der Waals surface area contributed by atoms with Crippen LogP contribution in [0.5, 0.6) is 0 Å². The molecule has 3 aliphatic rings. The number of pyridine rings is 1. The van der Waals surface area contributed by atoms with Gasteiger partial charge in [-0.3, -0.25) is 0 Å². The third kappa shape index (κ3) is 6.32. The topological polar surface area (TPSA) is 81.2 Å². The molecule has 0 saturated carbocycles. The Balaban J connectivity index is 1.38. The van der Waals surface area contributed by atoms with E-state index in [1.807, 2.05) is 37.3 Å². The summed E-state index contributed by atoms with van der Waals surface area (Å²) in [5.41, 5.74) is 3.47. The fourth-order valence-corrected chi connectivity index (χ4v) is 5.45. The third-order valence-electron chi connectivity index (χ3n) is 7.51. The van der Waals surface area contributed by atoms with E-state index >= 15 is 0 Å². The minimum Gasteiger partial charge on any atom is -0.391 e. The van der Waals surface area contributed by atoms with Crippen molar-refractivity contribution in [3.63, 3.8) is 0 Å². The minimum absolute atomic E-state index is 0.0996. The van der Waals surface area contributed by atoms with Gasteiger partial charge >= 0.3 is 12.2 Å². The van der Waals surface area contributed by atoms with E-state index in [2.05, 4.69) is 15.1 Å². The van der Waals surface area contributed by atoms with E-state index in [-0.39, 0.29) is 18.7 Å². The van der Waals surface area contributed by atoms with Gasteiger partial charge in [0.1, 0.15) is 11.6 Å². The molecular weight excluding hydrogens is 499 g/mol. The maximum absolute atomic E-state index is 12.9. The Labute approximate surface area is 220 Å². The Morgan fingerprint density at radius 3 is 2.47 bits per heavy atom. The number of hydrogen-bond donors (Lipinski definition) is 2. The van der Waals surface area contributed by atoms with Crippen molar-refractivity contribution in [2.45, 2.75) is 38.5 Å². The van der Waals surface area contributed by atoms with E-state index in [4.69, 9.17) is 9.72 Å². The summed E-state index contributed by atoms with van der Waals surface area (Å²) in [7, 11) is 0. The highest BCUT2D eigenvalue weighted by molar-refractivity contribution is 5.91. The van der Waals surface area contributed by atoms with Crippen molar-refractivity contribution in [3.05, 3.63) is 35.9 Å². The zero-order valence-corrected chi connectivity index (χ0v) is 21.5. The molecule has 2 amide bonds. The number of aliphatic hydroxyl groups excluding tert-OH is 1. The summed E-state index contributed by atoms with van der Waals surface area (Å²) in [5, 5.41) is 13.0. The van der Waals surface area contributed by atoms with E-state index in [9.17, 15) is 23.1 Å². The second-order valence-electron chi connectivity index (χ2n) is 10.4. The fraction of sp³-hybridized carbons (Fsp3) is 0.556. The van der Waals surface area contributed by atoms with Crippen LogP contribution in [0, 0.1) is 12.8 Å². The number of likely N-dealkylation sites (tertiary alicyclic amines) is 1. The number of aromatic nitrogens is 1. The zero-order chi connectivity index (χ0) is 26.9. The number of morpholine rings is 1. The summed E-state index contributed by atoms with van der Waals surface area (Å²) in [6.07, 6.45) is -4.43. The lowest BCUT2D eigenvalue weighted by atomic mass is 10.00. The SMILES string of the molecule is Cc1ccc(NC(=O)N2CCC(CC(F)(F)F)C2)cc1-c1cc(N2CCOCC2)nc(N2CC[C@H](O)C2)c1. The van der Waals surface area contributed by atoms with Crippen LogP contribution < -0.4 is 15.1 Å². The number of β-amino-alcohol motifs (C(OH)–C–C–N with tert-alkyl or cyclic N) is 1. The van der Waals surface area contributed by atoms with Crippen molar-refractivity contribution in [3.8, 4) is 11.1 Å². The van der Waals surface area contributed by atoms with Crippen LogP contribution in [0.2, 0.25) is 0 Å². The summed E-state index contributed by atoms with van der Waals surface area (Å²) < 4.78 is 43.8. The minimum atomic E-state index is -4.22.